The van der Waals surface area contributed by atoms with E-state index in [0.29, 0.717) is 5.41 Å². The van der Waals surface area contributed by atoms with Gasteiger partial charge in [0.15, 0.2) is 5.96 Å². The van der Waals surface area contributed by atoms with Gasteiger partial charge in [0, 0.05) is 58.7 Å². The molecule has 0 unspecified atom stereocenters. The number of amides is 1. The van der Waals surface area contributed by atoms with Crippen LogP contribution in [0.1, 0.15) is 32.6 Å². The first-order valence-corrected chi connectivity index (χ1v) is 11.2. The van der Waals surface area contributed by atoms with E-state index in [1.165, 1.54) is 24.9 Å². The molecule has 174 valence electrons. The van der Waals surface area contributed by atoms with Crippen LogP contribution in [0, 0.1) is 5.41 Å². The summed E-state index contributed by atoms with van der Waals surface area (Å²) in [4.78, 5) is 21.5. The van der Waals surface area contributed by atoms with Crippen LogP contribution in [-0.2, 0) is 9.53 Å². The third-order valence-electron chi connectivity index (χ3n) is 6.35. The highest BCUT2D eigenvalue weighted by molar-refractivity contribution is 14.0. The summed E-state index contributed by atoms with van der Waals surface area (Å²) in [5, 5.41) is 6.74. The molecule has 1 saturated heterocycles. The number of carbonyl (C=O) groups excluding carboxylic acids is 1. The number of anilines is 1. The molecule has 7 nitrogen and oxygen atoms in total. The Bertz CT molecular complexity index is 688. The molecule has 0 bridgehead atoms. The number of hydrogen-bond acceptors (Lipinski definition) is 4. The van der Waals surface area contributed by atoms with E-state index in [4.69, 9.17) is 4.74 Å². The lowest BCUT2D eigenvalue weighted by atomic mass is 9.67. The zero-order chi connectivity index (χ0) is 21.2. The van der Waals surface area contributed by atoms with Gasteiger partial charge < -0.3 is 25.2 Å². The standard InChI is InChI=1S/C23H37N5O2.HI/c1-3-24-22(26-19-23(10-7-11-23)12-17-30-2)25-18-21(29)28-15-13-27(14-16-28)20-8-5-4-6-9-20;/h4-6,8-9H,3,7,10-19H2,1-2H3,(H2,24,25,26);1H. The molecule has 31 heavy (non-hydrogen) atoms. The van der Waals surface area contributed by atoms with Crippen molar-refractivity contribution in [3.8, 4) is 0 Å². The van der Waals surface area contributed by atoms with Crippen LogP contribution >= 0.6 is 24.0 Å². The van der Waals surface area contributed by atoms with Gasteiger partial charge in [-0.15, -0.1) is 24.0 Å². The highest BCUT2D eigenvalue weighted by Crippen LogP contribution is 2.43. The van der Waals surface area contributed by atoms with Crippen molar-refractivity contribution >= 4 is 41.5 Å². The van der Waals surface area contributed by atoms with Crippen LogP contribution in [0.4, 0.5) is 5.69 Å². The lowest BCUT2D eigenvalue weighted by molar-refractivity contribution is -0.129. The van der Waals surface area contributed by atoms with E-state index in [1.54, 1.807) is 7.11 Å². The topological polar surface area (TPSA) is 69.2 Å². The van der Waals surface area contributed by atoms with Gasteiger partial charge in [0.25, 0.3) is 0 Å². The van der Waals surface area contributed by atoms with E-state index in [2.05, 4.69) is 44.8 Å². The summed E-state index contributed by atoms with van der Waals surface area (Å²) in [7, 11) is 1.76. The number of nitrogens with one attached hydrogen (secondary N) is 2. The number of rotatable bonds is 9. The second kappa shape index (κ2) is 13.1. The molecule has 2 aliphatic rings. The van der Waals surface area contributed by atoms with Crippen molar-refractivity contribution in [2.45, 2.75) is 32.6 Å². The molecule has 0 radical (unpaired) electrons. The van der Waals surface area contributed by atoms with Gasteiger partial charge in [-0.25, -0.2) is 4.99 Å². The Morgan fingerprint density at radius 1 is 1.13 bits per heavy atom. The Balaban J connectivity index is 0.00000341. The average molecular weight is 543 g/mol. The van der Waals surface area contributed by atoms with Crippen LogP contribution in [-0.4, -0.2) is 76.3 Å². The van der Waals surface area contributed by atoms with E-state index < -0.39 is 0 Å². The smallest absolute Gasteiger partial charge is 0.244 e. The molecule has 1 amide bonds. The normalized spacial score (nSPS) is 18.1. The van der Waals surface area contributed by atoms with Gasteiger partial charge in [-0.1, -0.05) is 24.6 Å². The molecule has 1 aromatic rings. The monoisotopic (exact) mass is 543 g/mol. The first-order chi connectivity index (χ1) is 14.7. The van der Waals surface area contributed by atoms with Gasteiger partial charge >= 0.3 is 0 Å². The number of nitrogens with zero attached hydrogens (tertiary/aromatic N) is 3. The number of piperazine rings is 1. The molecule has 3 rings (SSSR count). The molecule has 0 spiro atoms. The van der Waals surface area contributed by atoms with Crippen LogP contribution in [0.3, 0.4) is 0 Å². The summed E-state index contributed by atoms with van der Waals surface area (Å²) in [5.74, 6) is 0.829. The molecular weight excluding hydrogens is 505 g/mol. The first-order valence-electron chi connectivity index (χ1n) is 11.2. The fraction of sp³-hybridized carbons (Fsp3) is 0.652. The lowest BCUT2D eigenvalue weighted by Gasteiger charge is -2.42. The van der Waals surface area contributed by atoms with Crippen molar-refractivity contribution in [3.63, 3.8) is 0 Å². The Hall–Kier alpha value is -1.55. The zero-order valence-corrected chi connectivity index (χ0v) is 21.3. The van der Waals surface area contributed by atoms with Gasteiger partial charge in [-0.3, -0.25) is 4.79 Å². The summed E-state index contributed by atoms with van der Waals surface area (Å²) in [6.45, 7) is 7.90. The van der Waals surface area contributed by atoms with Gasteiger partial charge in [0.1, 0.15) is 6.54 Å². The number of aliphatic imine (C=N–C) groups is 1. The highest BCUT2D eigenvalue weighted by atomic mass is 127. The molecule has 1 aromatic carbocycles. The van der Waals surface area contributed by atoms with Crippen molar-refractivity contribution in [2.24, 2.45) is 10.4 Å². The van der Waals surface area contributed by atoms with Crippen molar-refractivity contribution in [1.82, 2.24) is 15.5 Å². The van der Waals surface area contributed by atoms with Crippen molar-refractivity contribution in [3.05, 3.63) is 30.3 Å². The van der Waals surface area contributed by atoms with Crippen molar-refractivity contribution < 1.29 is 9.53 Å². The molecule has 1 heterocycles. The van der Waals surface area contributed by atoms with Crippen molar-refractivity contribution in [1.29, 1.82) is 0 Å². The first kappa shape index (κ1) is 25.7. The molecule has 2 fully saturated rings. The number of methoxy groups -OCH3 is 1. The maximum absolute atomic E-state index is 12.7. The van der Waals surface area contributed by atoms with Crippen molar-refractivity contribution in [2.75, 3.05) is 64.4 Å². The Kier molecular flexibility index (Phi) is 10.9. The van der Waals surface area contributed by atoms with Crippen LogP contribution < -0.4 is 15.5 Å². The Labute approximate surface area is 204 Å². The van der Waals surface area contributed by atoms with Crippen LogP contribution in [0.25, 0.3) is 0 Å². The van der Waals surface area contributed by atoms with Gasteiger partial charge in [0.05, 0.1) is 0 Å². The molecule has 1 saturated carbocycles. The Morgan fingerprint density at radius 2 is 1.84 bits per heavy atom. The summed E-state index contributed by atoms with van der Waals surface area (Å²) in [5.41, 5.74) is 1.53. The fourth-order valence-corrected chi connectivity index (χ4v) is 4.22. The number of para-hydroxylation sites is 1. The molecule has 0 atom stereocenters. The maximum Gasteiger partial charge on any atom is 0.244 e. The minimum atomic E-state index is 0. The second-order valence-electron chi connectivity index (χ2n) is 8.35. The fourth-order valence-electron chi connectivity index (χ4n) is 4.22. The quantitative estimate of drug-likeness (QED) is 0.285. The van der Waals surface area contributed by atoms with Crippen LogP contribution in [0.15, 0.2) is 35.3 Å². The number of guanidine groups is 1. The summed E-state index contributed by atoms with van der Waals surface area (Å²) >= 11 is 0. The van der Waals surface area contributed by atoms with E-state index in [9.17, 15) is 4.79 Å². The predicted octanol–water partition coefficient (Wildman–Crippen LogP) is 2.72. The van der Waals surface area contributed by atoms with E-state index in [0.717, 1.165) is 58.3 Å². The van der Waals surface area contributed by atoms with Crippen LogP contribution in [0.2, 0.25) is 0 Å². The number of hydrogen-bond donors (Lipinski definition) is 2. The second-order valence-corrected chi connectivity index (χ2v) is 8.35. The molecular formula is C23H38IN5O2. The zero-order valence-electron chi connectivity index (χ0n) is 18.9. The molecule has 8 heteroatoms. The summed E-state index contributed by atoms with van der Waals surface area (Å²) in [6.07, 6.45) is 4.81. The van der Waals surface area contributed by atoms with E-state index in [1.807, 2.05) is 17.9 Å². The third kappa shape index (κ3) is 7.52. The number of halogens is 1. The maximum atomic E-state index is 12.7. The molecule has 1 aliphatic heterocycles. The Morgan fingerprint density at radius 3 is 2.42 bits per heavy atom. The predicted molar refractivity (Wildman–Crippen MR) is 137 cm³/mol. The largest absolute Gasteiger partial charge is 0.385 e. The highest BCUT2D eigenvalue weighted by Gasteiger charge is 2.36. The average Bonchev–Trinajstić information content (AvgIpc) is 2.77. The molecule has 0 aromatic heterocycles. The minimum Gasteiger partial charge on any atom is -0.385 e. The van der Waals surface area contributed by atoms with E-state index in [-0.39, 0.29) is 36.4 Å². The van der Waals surface area contributed by atoms with E-state index >= 15 is 0 Å². The van der Waals surface area contributed by atoms with Gasteiger partial charge in [-0.05, 0) is 43.7 Å². The molecule has 2 N–H and O–H groups in total. The number of benzene rings is 1. The number of ether oxygens (including phenoxy) is 1. The SMILES string of the molecule is CCNC(=NCC(=O)N1CCN(c2ccccc2)CC1)NCC1(CCOC)CCC1.I. The lowest BCUT2D eigenvalue weighted by Crippen LogP contribution is -2.50. The third-order valence-corrected chi connectivity index (χ3v) is 6.35. The number of carbonyl (C=O) groups is 1. The van der Waals surface area contributed by atoms with Gasteiger partial charge in [-0.2, -0.15) is 0 Å². The van der Waals surface area contributed by atoms with Gasteiger partial charge in [0.2, 0.25) is 5.91 Å². The summed E-state index contributed by atoms with van der Waals surface area (Å²) < 4.78 is 5.28. The van der Waals surface area contributed by atoms with Crippen LogP contribution in [0.5, 0.6) is 0 Å². The minimum absolute atomic E-state index is 0. The summed E-state index contributed by atoms with van der Waals surface area (Å²) in [6, 6.07) is 10.4. The molecule has 1 aliphatic carbocycles.